The number of carbonyl (C=O) groups is 1. The second-order valence-electron chi connectivity index (χ2n) is 7.68. The summed E-state index contributed by atoms with van der Waals surface area (Å²) in [6.45, 7) is 4.31. The Balaban J connectivity index is 1.63. The van der Waals surface area contributed by atoms with E-state index in [9.17, 15) is 4.79 Å². The lowest BCUT2D eigenvalue weighted by Gasteiger charge is -2.23. The third-order valence-electron chi connectivity index (χ3n) is 5.56. The number of nitrogens with two attached hydrogens (primary N) is 1. The van der Waals surface area contributed by atoms with E-state index in [2.05, 4.69) is 25.3 Å². The summed E-state index contributed by atoms with van der Waals surface area (Å²) in [6, 6.07) is 7.08. The predicted octanol–water partition coefficient (Wildman–Crippen LogP) is 3.47. The van der Waals surface area contributed by atoms with E-state index in [-0.39, 0.29) is 17.5 Å². The molecule has 5 rings (SSSR count). The molecule has 0 bridgehead atoms. The number of anilines is 2. The fourth-order valence-corrected chi connectivity index (χ4v) is 4.01. The third kappa shape index (κ3) is 3.04. The van der Waals surface area contributed by atoms with Crippen LogP contribution in [0.3, 0.4) is 0 Å². The number of nitrogens with zero attached hydrogens (tertiary/aromatic N) is 5. The molecular formula is C22H20ClN7O2. The number of amides is 1. The largest absolute Gasteiger partial charge is 0.475 e. The van der Waals surface area contributed by atoms with Gasteiger partial charge >= 0.3 is 0 Å². The maximum absolute atomic E-state index is 13.0. The number of nitrogen functional groups attached to an aromatic ring is 1. The highest BCUT2D eigenvalue weighted by molar-refractivity contribution is 6.30. The molecule has 10 heteroatoms. The van der Waals surface area contributed by atoms with Gasteiger partial charge in [-0.1, -0.05) is 30.7 Å². The summed E-state index contributed by atoms with van der Waals surface area (Å²) < 4.78 is 7.56. The molecule has 0 saturated heterocycles. The Hall–Kier alpha value is -3.72. The van der Waals surface area contributed by atoms with E-state index in [1.165, 1.54) is 0 Å². The second kappa shape index (κ2) is 7.45. The van der Waals surface area contributed by atoms with Crippen molar-refractivity contribution in [1.29, 1.82) is 0 Å². The first kappa shape index (κ1) is 20.2. The molecule has 1 aliphatic heterocycles. The van der Waals surface area contributed by atoms with E-state index in [0.29, 0.717) is 40.2 Å². The summed E-state index contributed by atoms with van der Waals surface area (Å²) in [5.41, 5.74) is 7.66. The molecule has 1 aliphatic rings. The number of ether oxygens (including phenoxy) is 1. The topological polar surface area (TPSA) is 120 Å². The van der Waals surface area contributed by atoms with Gasteiger partial charge in [-0.15, -0.1) is 0 Å². The number of imidazole rings is 1. The number of hydrogen-bond acceptors (Lipinski definition) is 7. The molecule has 0 saturated carbocycles. The number of hydrogen-bond donors (Lipinski definition) is 2. The highest BCUT2D eigenvalue weighted by atomic mass is 35.5. The minimum atomic E-state index is -1.04. The van der Waals surface area contributed by atoms with Gasteiger partial charge in [-0.3, -0.25) is 4.79 Å². The van der Waals surface area contributed by atoms with Crippen LogP contribution in [-0.2, 0) is 10.2 Å². The quantitative estimate of drug-likeness (QED) is 0.478. The van der Waals surface area contributed by atoms with Gasteiger partial charge in [0.1, 0.15) is 22.7 Å². The molecule has 0 spiro atoms. The number of rotatable bonds is 5. The summed E-state index contributed by atoms with van der Waals surface area (Å²) in [6.07, 6.45) is 6.03. The molecule has 3 aromatic heterocycles. The smallest absolute Gasteiger partial charge is 0.259 e. The summed E-state index contributed by atoms with van der Waals surface area (Å²) in [7, 11) is 0. The molecule has 0 fully saturated rings. The highest BCUT2D eigenvalue weighted by Gasteiger charge is 2.47. The molecule has 1 aromatic carbocycles. The van der Waals surface area contributed by atoms with Crippen LogP contribution in [-0.4, -0.2) is 36.9 Å². The van der Waals surface area contributed by atoms with E-state index in [1.54, 1.807) is 54.2 Å². The van der Waals surface area contributed by atoms with Crippen LogP contribution in [0.25, 0.3) is 17.2 Å². The van der Waals surface area contributed by atoms with Gasteiger partial charge in [-0.05, 0) is 31.0 Å². The first-order chi connectivity index (χ1) is 15.4. The fourth-order valence-electron chi connectivity index (χ4n) is 3.89. The van der Waals surface area contributed by atoms with E-state index < -0.39 is 5.41 Å². The van der Waals surface area contributed by atoms with Crippen LogP contribution >= 0.6 is 11.6 Å². The SMILES string of the molecule is CCCOc1nc(-c2nc(N)c3c(n2)NC(=O)C3(C)c2ccc(Cl)cc2)cn2ccnc12. The molecule has 3 N–H and O–H groups in total. The van der Waals surface area contributed by atoms with Gasteiger partial charge < -0.3 is 20.2 Å². The van der Waals surface area contributed by atoms with Crippen LogP contribution in [0.5, 0.6) is 5.88 Å². The van der Waals surface area contributed by atoms with Gasteiger partial charge in [-0.2, -0.15) is 0 Å². The Morgan fingerprint density at radius 1 is 1.22 bits per heavy atom. The molecule has 1 atom stereocenters. The van der Waals surface area contributed by atoms with Crippen LogP contribution in [0, 0.1) is 0 Å². The minimum absolute atomic E-state index is 0.198. The van der Waals surface area contributed by atoms with Crippen molar-refractivity contribution in [2.75, 3.05) is 17.7 Å². The van der Waals surface area contributed by atoms with Crippen molar-refractivity contribution in [3.8, 4) is 17.4 Å². The van der Waals surface area contributed by atoms with Crippen molar-refractivity contribution in [2.45, 2.75) is 25.7 Å². The Morgan fingerprint density at radius 2 is 2.00 bits per heavy atom. The lowest BCUT2D eigenvalue weighted by Crippen LogP contribution is -2.32. The zero-order chi connectivity index (χ0) is 22.5. The molecule has 1 unspecified atom stereocenters. The molecule has 32 heavy (non-hydrogen) atoms. The Bertz CT molecular complexity index is 1350. The van der Waals surface area contributed by atoms with Gasteiger partial charge in [0.15, 0.2) is 5.82 Å². The first-order valence-electron chi connectivity index (χ1n) is 10.1. The second-order valence-corrected chi connectivity index (χ2v) is 8.12. The lowest BCUT2D eigenvalue weighted by atomic mass is 9.78. The molecule has 0 radical (unpaired) electrons. The van der Waals surface area contributed by atoms with Crippen molar-refractivity contribution in [3.63, 3.8) is 0 Å². The summed E-state index contributed by atoms with van der Waals surface area (Å²) in [5, 5.41) is 3.43. The van der Waals surface area contributed by atoms with Crippen LogP contribution < -0.4 is 15.8 Å². The van der Waals surface area contributed by atoms with Crippen molar-refractivity contribution in [2.24, 2.45) is 0 Å². The number of fused-ring (bicyclic) bond motifs is 2. The maximum Gasteiger partial charge on any atom is 0.259 e. The molecule has 4 heterocycles. The molecule has 162 valence electrons. The number of halogens is 1. The average molecular weight is 450 g/mol. The Morgan fingerprint density at radius 3 is 2.75 bits per heavy atom. The molecular weight excluding hydrogens is 430 g/mol. The fraction of sp³-hybridized carbons (Fsp3) is 0.227. The molecule has 4 aromatic rings. The lowest BCUT2D eigenvalue weighted by molar-refractivity contribution is -0.119. The van der Waals surface area contributed by atoms with Crippen LogP contribution in [0.15, 0.2) is 42.9 Å². The number of aromatic nitrogens is 5. The van der Waals surface area contributed by atoms with E-state index >= 15 is 0 Å². The number of nitrogens with one attached hydrogen (secondary N) is 1. The highest BCUT2D eigenvalue weighted by Crippen LogP contribution is 2.45. The van der Waals surface area contributed by atoms with E-state index in [4.69, 9.17) is 22.1 Å². The molecule has 0 aliphatic carbocycles. The van der Waals surface area contributed by atoms with Gasteiger partial charge in [0.05, 0.1) is 12.2 Å². The predicted molar refractivity (Wildman–Crippen MR) is 121 cm³/mol. The van der Waals surface area contributed by atoms with E-state index in [1.807, 2.05) is 6.92 Å². The van der Waals surface area contributed by atoms with Gasteiger partial charge in [-0.25, -0.2) is 19.9 Å². The van der Waals surface area contributed by atoms with Crippen LogP contribution in [0.4, 0.5) is 11.6 Å². The molecule has 9 nitrogen and oxygen atoms in total. The average Bonchev–Trinajstić information content (AvgIpc) is 3.35. The Kier molecular flexibility index (Phi) is 4.70. The maximum atomic E-state index is 13.0. The minimum Gasteiger partial charge on any atom is -0.475 e. The first-order valence-corrected chi connectivity index (χ1v) is 10.5. The summed E-state index contributed by atoms with van der Waals surface area (Å²) >= 11 is 6.02. The van der Waals surface area contributed by atoms with Crippen LogP contribution in [0.1, 0.15) is 31.4 Å². The zero-order valence-corrected chi connectivity index (χ0v) is 18.2. The van der Waals surface area contributed by atoms with Gasteiger partial charge in [0.25, 0.3) is 5.88 Å². The zero-order valence-electron chi connectivity index (χ0n) is 17.5. The van der Waals surface area contributed by atoms with Gasteiger partial charge in [0.2, 0.25) is 11.6 Å². The number of benzene rings is 1. The van der Waals surface area contributed by atoms with Crippen molar-refractivity contribution in [3.05, 3.63) is 59.0 Å². The normalized spacial score (nSPS) is 17.4. The molecule has 1 amide bonds. The summed E-state index contributed by atoms with van der Waals surface area (Å²) in [4.78, 5) is 31.0. The Labute approximate surface area is 188 Å². The van der Waals surface area contributed by atoms with E-state index in [0.717, 1.165) is 12.0 Å². The van der Waals surface area contributed by atoms with Crippen LogP contribution in [0.2, 0.25) is 5.02 Å². The number of carbonyl (C=O) groups excluding carboxylic acids is 1. The van der Waals surface area contributed by atoms with Crippen molar-refractivity contribution in [1.82, 2.24) is 24.3 Å². The van der Waals surface area contributed by atoms with Gasteiger partial charge in [0, 0.05) is 23.6 Å². The van der Waals surface area contributed by atoms with Crippen molar-refractivity contribution < 1.29 is 9.53 Å². The third-order valence-corrected chi connectivity index (χ3v) is 5.81. The monoisotopic (exact) mass is 449 g/mol. The summed E-state index contributed by atoms with van der Waals surface area (Å²) in [5.74, 6) is 0.978. The van der Waals surface area contributed by atoms with Crippen molar-refractivity contribution >= 4 is 34.8 Å². The standard InChI is InChI=1S/C22H20ClN7O2/c1-3-10-32-20-19-25-8-9-30(19)11-14(26-20)17-27-16(24)15-18(28-17)29-21(31)22(15,2)12-4-6-13(23)7-5-12/h4-9,11H,3,10H2,1-2H3,(H3,24,27,28,29,31).